The van der Waals surface area contributed by atoms with Crippen LogP contribution in [0.25, 0.3) is 0 Å². The summed E-state index contributed by atoms with van der Waals surface area (Å²) >= 11 is 0. The lowest BCUT2D eigenvalue weighted by atomic mass is 10.3. The summed E-state index contributed by atoms with van der Waals surface area (Å²) in [5.74, 6) is 2.04. The minimum atomic E-state index is 0.511. The first-order chi connectivity index (χ1) is 9.74. The topological polar surface area (TPSA) is 85.1 Å². The number of nitrogens with one attached hydrogen (secondary N) is 2. The van der Waals surface area contributed by atoms with Gasteiger partial charge in [-0.25, -0.2) is 9.97 Å². The Morgan fingerprint density at radius 3 is 2.50 bits per heavy atom. The number of nitrogens with two attached hydrogens (primary N) is 1. The van der Waals surface area contributed by atoms with E-state index in [0.29, 0.717) is 17.3 Å². The minimum Gasteiger partial charge on any atom is -0.497 e. The van der Waals surface area contributed by atoms with Crippen molar-refractivity contribution in [2.75, 3.05) is 30.0 Å². The van der Waals surface area contributed by atoms with Gasteiger partial charge >= 0.3 is 0 Å². The van der Waals surface area contributed by atoms with Gasteiger partial charge in [-0.2, -0.15) is 0 Å². The smallest absolute Gasteiger partial charge is 0.159 e. The molecule has 0 aliphatic heterocycles. The van der Waals surface area contributed by atoms with E-state index in [0.717, 1.165) is 24.4 Å². The molecule has 1 aromatic heterocycles. The quantitative estimate of drug-likeness (QED) is 0.750. The molecule has 4 N–H and O–H groups in total. The molecule has 0 unspecified atom stereocenters. The van der Waals surface area contributed by atoms with E-state index in [1.165, 1.54) is 6.33 Å². The molecule has 1 aromatic carbocycles. The van der Waals surface area contributed by atoms with Crippen LogP contribution in [0.4, 0.5) is 23.0 Å². The van der Waals surface area contributed by atoms with Gasteiger partial charge in [0.05, 0.1) is 7.11 Å². The third kappa shape index (κ3) is 3.28. The lowest BCUT2D eigenvalue weighted by molar-refractivity contribution is 0.415. The molecule has 0 amide bonds. The van der Waals surface area contributed by atoms with Crippen molar-refractivity contribution in [2.24, 2.45) is 0 Å². The third-order valence-corrected chi connectivity index (χ3v) is 2.78. The fourth-order valence-corrected chi connectivity index (χ4v) is 1.69. The number of hydrogen-bond donors (Lipinski definition) is 3. The lowest BCUT2D eigenvalue weighted by Crippen LogP contribution is -2.08. The summed E-state index contributed by atoms with van der Waals surface area (Å²) in [7, 11) is 1.64. The van der Waals surface area contributed by atoms with Gasteiger partial charge in [-0.05, 0) is 30.7 Å². The molecule has 0 radical (unpaired) electrons. The summed E-state index contributed by atoms with van der Waals surface area (Å²) in [6, 6.07) is 7.55. The zero-order chi connectivity index (χ0) is 14.4. The molecule has 1 heterocycles. The van der Waals surface area contributed by atoms with Crippen LogP contribution in [-0.4, -0.2) is 23.6 Å². The molecule has 0 saturated carbocycles. The molecule has 2 rings (SSSR count). The first-order valence-corrected chi connectivity index (χ1v) is 6.50. The van der Waals surface area contributed by atoms with Crippen LogP contribution in [0.2, 0.25) is 0 Å². The van der Waals surface area contributed by atoms with Crippen molar-refractivity contribution in [3.05, 3.63) is 30.6 Å². The first kappa shape index (κ1) is 13.9. The van der Waals surface area contributed by atoms with E-state index < -0.39 is 0 Å². The third-order valence-electron chi connectivity index (χ3n) is 2.78. The Labute approximate surface area is 118 Å². The van der Waals surface area contributed by atoms with E-state index in [1.54, 1.807) is 7.11 Å². The minimum absolute atomic E-state index is 0.511. The number of hydrogen-bond acceptors (Lipinski definition) is 6. The molecule has 0 atom stereocenters. The average Bonchev–Trinajstić information content (AvgIpc) is 2.49. The Balaban J connectivity index is 2.15. The fraction of sp³-hybridized carbons (Fsp3) is 0.286. The molecule has 0 saturated heterocycles. The van der Waals surface area contributed by atoms with Crippen molar-refractivity contribution >= 4 is 23.0 Å². The number of nitrogen functional groups attached to an aromatic ring is 1. The molecule has 106 valence electrons. The summed E-state index contributed by atoms with van der Waals surface area (Å²) in [6.45, 7) is 2.91. The van der Waals surface area contributed by atoms with Gasteiger partial charge in [0.2, 0.25) is 0 Å². The molecule has 0 bridgehead atoms. The summed E-state index contributed by atoms with van der Waals surface area (Å²) in [6.07, 6.45) is 2.49. The summed E-state index contributed by atoms with van der Waals surface area (Å²) < 4.78 is 5.12. The van der Waals surface area contributed by atoms with Crippen molar-refractivity contribution in [3.8, 4) is 5.75 Å². The molecular formula is C14H19N5O. The Morgan fingerprint density at radius 2 is 1.85 bits per heavy atom. The van der Waals surface area contributed by atoms with Crippen LogP contribution in [-0.2, 0) is 0 Å². The largest absolute Gasteiger partial charge is 0.497 e. The maximum Gasteiger partial charge on any atom is 0.159 e. The first-order valence-electron chi connectivity index (χ1n) is 6.50. The van der Waals surface area contributed by atoms with Gasteiger partial charge in [0, 0.05) is 12.2 Å². The molecular weight excluding hydrogens is 254 g/mol. The van der Waals surface area contributed by atoms with Crippen molar-refractivity contribution in [1.29, 1.82) is 0 Å². The molecule has 0 fully saturated rings. The van der Waals surface area contributed by atoms with Gasteiger partial charge < -0.3 is 21.1 Å². The van der Waals surface area contributed by atoms with E-state index >= 15 is 0 Å². The van der Waals surface area contributed by atoms with Crippen LogP contribution >= 0.6 is 0 Å². The summed E-state index contributed by atoms with van der Waals surface area (Å²) in [5.41, 5.74) is 7.45. The second-order valence-electron chi connectivity index (χ2n) is 4.26. The maximum atomic E-state index is 6.05. The standard InChI is InChI=1S/C14H19N5O/c1-3-8-16-13-12(15)14(18-9-17-13)19-10-4-6-11(20-2)7-5-10/h4-7,9H,3,8,15H2,1-2H3,(H2,16,17,18,19). The molecule has 20 heavy (non-hydrogen) atoms. The van der Waals surface area contributed by atoms with Gasteiger partial charge in [0.25, 0.3) is 0 Å². The van der Waals surface area contributed by atoms with Crippen LogP contribution < -0.4 is 21.1 Å². The zero-order valence-electron chi connectivity index (χ0n) is 11.7. The Kier molecular flexibility index (Phi) is 4.60. The van der Waals surface area contributed by atoms with E-state index in [1.807, 2.05) is 24.3 Å². The van der Waals surface area contributed by atoms with Crippen molar-refractivity contribution < 1.29 is 4.74 Å². The van der Waals surface area contributed by atoms with Gasteiger partial charge in [0.15, 0.2) is 11.6 Å². The normalized spacial score (nSPS) is 10.1. The van der Waals surface area contributed by atoms with Crippen molar-refractivity contribution in [3.63, 3.8) is 0 Å². The number of aromatic nitrogens is 2. The maximum absolute atomic E-state index is 6.05. The highest BCUT2D eigenvalue weighted by atomic mass is 16.5. The molecule has 6 heteroatoms. The van der Waals surface area contributed by atoms with Crippen LogP contribution in [0.3, 0.4) is 0 Å². The average molecular weight is 273 g/mol. The van der Waals surface area contributed by atoms with Gasteiger partial charge in [0.1, 0.15) is 17.8 Å². The van der Waals surface area contributed by atoms with Crippen LogP contribution in [0.1, 0.15) is 13.3 Å². The zero-order valence-corrected chi connectivity index (χ0v) is 11.7. The van der Waals surface area contributed by atoms with Crippen LogP contribution in [0, 0.1) is 0 Å². The second kappa shape index (κ2) is 6.60. The second-order valence-corrected chi connectivity index (χ2v) is 4.26. The van der Waals surface area contributed by atoms with Gasteiger partial charge in [-0.15, -0.1) is 0 Å². The number of anilines is 4. The number of rotatable bonds is 6. The summed E-state index contributed by atoms with van der Waals surface area (Å²) in [5, 5.41) is 6.34. The van der Waals surface area contributed by atoms with Gasteiger partial charge in [-0.1, -0.05) is 6.92 Å². The lowest BCUT2D eigenvalue weighted by Gasteiger charge is -2.12. The number of benzene rings is 1. The summed E-state index contributed by atoms with van der Waals surface area (Å²) in [4.78, 5) is 8.30. The highest BCUT2D eigenvalue weighted by Crippen LogP contribution is 2.26. The Bertz CT molecular complexity index is 556. The van der Waals surface area contributed by atoms with E-state index in [9.17, 15) is 0 Å². The monoisotopic (exact) mass is 273 g/mol. The highest BCUT2D eigenvalue weighted by Gasteiger charge is 2.07. The van der Waals surface area contributed by atoms with Crippen LogP contribution in [0.5, 0.6) is 5.75 Å². The number of nitrogens with zero attached hydrogens (tertiary/aromatic N) is 2. The van der Waals surface area contributed by atoms with Gasteiger partial charge in [-0.3, -0.25) is 0 Å². The molecule has 6 nitrogen and oxygen atoms in total. The van der Waals surface area contributed by atoms with Crippen molar-refractivity contribution in [2.45, 2.75) is 13.3 Å². The van der Waals surface area contributed by atoms with E-state index in [4.69, 9.17) is 10.5 Å². The highest BCUT2D eigenvalue weighted by molar-refractivity contribution is 5.77. The number of methoxy groups -OCH3 is 1. The van der Waals surface area contributed by atoms with Crippen LogP contribution in [0.15, 0.2) is 30.6 Å². The Hall–Kier alpha value is -2.50. The molecule has 0 aliphatic carbocycles. The predicted octanol–water partition coefficient (Wildman–Crippen LogP) is 2.63. The molecule has 0 aliphatic rings. The van der Waals surface area contributed by atoms with Crippen molar-refractivity contribution in [1.82, 2.24) is 9.97 Å². The fourth-order valence-electron chi connectivity index (χ4n) is 1.69. The Morgan fingerprint density at radius 1 is 1.15 bits per heavy atom. The number of ether oxygens (including phenoxy) is 1. The SMILES string of the molecule is CCCNc1ncnc(Nc2ccc(OC)cc2)c1N. The molecule has 2 aromatic rings. The molecule has 0 spiro atoms. The predicted molar refractivity (Wildman–Crippen MR) is 81.5 cm³/mol. The van der Waals surface area contributed by atoms with E-state index in [-0.39, 0.29) is 0 Å². The van der Waals surface area contributed by atoms with E-state index in [2.05, 4.69) is 27.5 Å².